The first-order valence-electron chi connectivity index (χ1n) is 11.1. The summed E-state index contributed by atoms with van der Waals surface area (Å²) >= 11 is 0. The minimum absolute atomic E-state index is 0.0729. The fourth-order valence-corrected chi connectivity index (χ4v) is 5.96. The zero-order chi connectivity index (χ0) is 21.7. The molecule has 160 valence electrons. The van der Waals surface area contributed by atoms with Gasteiger partial charge in [0.15, 0.2) is 0 Å². The molecule has 31 heavy (non-hydrogen) atoms. The molecule has 5 atom stereocenters. The van der Waals surface area contributed by atoms with E-state index in [4.69, 9.17) is 11.0 Å². The van der Waals surface area contributed by atoms with Crippen LogP contribution in [0.15, 0.2) is 18.2 Å². The summed E-state index contributed by atoms with van der Waals surface area (Å²) < 4.78 is 0. The first-order valence-corrected chi connectivity index (χ1v) is 11.1. The topological polar surface area (TPSA) is 117 Å². The molecule has 8 heteroatoms. The fraction of sp³-hybridized carbons (Fsp3) is 0.565. The molecular formula is C23H26N6O2. The van der Waals surface area contributed by atoms with Crippen molar-refractivity contribution in [3.63, 3.8) is 0 Å². The third-order valence-electron chi connectivity index (χ3n) is 7.40. The number of likely N-dealkylation sites (tertiary alicyclic amines) is 3. The average molecular weight is 419 g/mol. The van der Waals surface area contributed by atoms with Crippen molar-refractivity contribution in [2.24, 2.45) is 5.73 Å². The SMILES string of the molecule is N#Cc1ccc2c(c1)CC[C@@H]2N1C(=O)[C@@H]2C[C@H]1CN2CC(N)C(=O)N1CCCC1C#N. The molecule has 3 fully saturated rings. The lowest BCUT2D eigenvalue weighted by Crippen LogP contribution is -2.56. The number of nitrogens with two attached hydrogens (primary N) is 1. The molecule has 2 amide bonds. The number of benzene rings is 1. The van der Waals surface area contributed by atoms with E-state index in [2.05, 4.69) is 17.0 Å². The predicted octanol–water partition coefficient (Wildman–Crippen LogP) is 0.673. The standard InChI is InChI=1S/C23H26N6O2/c24-10-14-3-5-18-15(8-14)4-6-20(18)29-17-9-21(23(29)31)27(12-17)13-19(26)22(30)28-7-1-2-16(28)11-25/h3,5,8,16-17,19-21H,1-2,4,6-7,9,12-13,26H2/t16?,17-,19?,20-,21-/m0/s1. The van der Waals surface area contributed by atoms with Crippen LogP contribution in [-0.2, 0) is 16.0 Å². The number of nitrogens with zero attached hydrogens (tertiary/aromatic N) is 5. The van der Waals surface area contributed by atoms with Crippen molar-refractivity contribution >= 4 is 11.8 Å². The van der Waals surface area contributed by atoms with E-state index in [1.165, 1.54) is 5.56 Å². The van der Waals surface area contributed by atoms with Gasteiger partial charge < -0.3 is 15.5 Å². The largest absolute Gasteiger partial charge is 0.330 e. The van der Waals surface area contributed by atoms with Gasteiger partial charge in [0.2, 0.25) is 11.8 Å². The van der Waals surface area contributed by atoms with E-state index < -0.39 is 6.04 Å². The average Bonchev–Trinajstić information content (AvgIpc) is 3.55. The molecule has 0 saturated carbocycles. The Morgan fingerprint density at radius 2 is 2.10 bits per heavy atom. The highest BCUT2D eigenvalue weighted by molar-refractivity contribution is 5.87. The van der Waals surface area contributed by atoms with E-state index in [0.717, 1.165) is 37.8 Å². The second-order valence-electron chi connectivity index (χ2n) is 9.11. The number of rotatable bonds is 4. The van der Waals surface area contributed by atoms with Gasteiger partial charge in [-0.25, -0.2) is 0 Å². The van der Waals surface area contributed by atoms with Gasteiger partial charge in [-0.2, -0.15) is 10.5 Å². The number of nitriles is 2. The summed E-state index contributed by atoms with van der Waals surface area (Å²) in [6.45, 7) is 1.65. The minimum Gasteiger partial charge on any atom is -0.330 e. The van der Waals surface area contributed by atoms with Gasteiger partial charge in [0, 0.05) is 25.7 Å². The number of amides is 2. The van der Waals surface area contributed by atoms with Crippen molar-refractivity contribution < 1.29 is 9.59 Å². The lowest BCUT2D eigenvalue weighted by atomic mass is 10.0. The maximum Gasteiger partial charge on any atom is 0.241 e. The van der Waals surface area contributed by atoms with Crippen LogP contribution < -0.4 is 5.73 Å². The van der Waals surface area contributed by atoms with Gasteiger partial charge in [-0.05, 0) is 55.4 Å². The maximum absolute atomic E-state index is 13.3. The molecule has 1 aromatic rings. The Kier molecular flexibility index (Phi) is 4.92. The van der Waals surface area contributed by atoms with E-state index in [-0.39, 0.29) is 36.0 Å². The molecule has 0 aromatic heterocycles. The normalized spacial score (nSPS) is 30.4. The minimum atomic E-state index is -0.717. The predicted molar refractivity (Wildman–Crippen MR) is 111 cm³/mol. The highest BCUT2D eigenvalue weighted by Crippen LogP contribution is 2.44. The maximum atomic E-state index is 13.3. The summed E-state index contributed by atoms with van der Waals surface area (Å²) in [7, 11) is 0. The molecule has 0 spiro atoms. The molecule has 2 unspecified atom stereocenters. The second-order valence-corrected chi connectivity index (χ2v) is 9.11. The molecule has 1 aromatic carbocycles. The fourth-order valence-electron chi connectivity index (χ4n) is 5.96. The molecule has 2 bridgehead atoms. The quantitative estimate of drug-likeness (QED) is 0.768. The Morgan fingerprint density at radius 3 is 2.84 bits per heavy atom. The Balaban J connectivity index is 1.25. The van der Waals surface area contributed by atoms with Crippen molar-refractivity contribution in [2.75, 3.05) is 19.6 Å². The molecule has 0 radical (unpaired) electrons. The summed E-state index contributed by atoms with van der Waals surface area (Å²) in [5.41, 5.74) is 9.22. The lowest BCUT2D eigenvalue weighted by molar-refractivity contribution is -0.141. The van der Waals surface area contributed by atoms with Gasteiger partial charge in [0.05, 0.1) is 35.8 Å². The van der Waals surface area contributed by atoms with Crippen LogP contribution in [0.5, 0.6) is 0 Å². The zero-order valence-electron chi connectivity index (χ0n) is 17.4. The number of carbonyl (C=O) groups is 2. The van der Waals surface area contributed by atoms with Gasteiger partial charge in [0.25, 0.3) is 0 Å². The zero-order valence-corrected chi connectivity index (χ0v) is 17.4. The van der Waals surface area contributed by atoms with Crippen molar-refractivity contribution in [2.45, 2.75) is 62.3 Å². The van der Waals surface area contributed by atoms with Crippen molar-refractivity contribution in [1.29, 1.82) is 10.5 Å². The van der Waals surface area contributed by atoms with E-state index in [9.17, 15) is 14.9 Å². The number of hydrogen-bond donors (Lipinski definition) is 1. The molecule has 3 aliphatic heterocycles. The number of piperazine rings is 1. The second kappa shape index (κ2) is 7.64. The third kappa shape index (κ3) is 3.18. The molecule has 5 rings (SSSR count). The highest BCUT2D eigenvalue weighted by atomic mass is 16.2. The van der Waals surface area contributed by atoms with Crippen LogP contribution in [-0.4, -0.2) is 70.3 Å². The molecule has 3 heterocycles. The smallest absolute Gasteiger partial charge is 0.241 e. The van der Waals surface area contributed by atoms with E-state index in [1.54, 1.807) is 4.90 Å². The van der Waals surface area contributed by atoms with Gasteiger partial charge >= 0.3 is 0 Å². The molecular weight excluding hydrogens is 392 g/mol. The van der Waals surface area contributed by atoms with Crippen LogP contribution in [0.25, 0.3) is 0 Å². The van der Waals surface area contributed by atoms with Gasteiger partial charge in [-0.15, -0.1) is 0 Å². The van der Waals surface area contributed by atoms with Crippen LogP contribution in [0, 0.1) is 22.7 Å². The first kappa shape index (κ1) is 20.0. The monoisotopic (exact) mass is 418 g/mol. The summed E-state index contributed by atoms with van der Waals surface area (Å²) in [6, 6.07) is 9.03. The van der Waals surface area contributed by atoms with Crippen molar-refractivity contribution in [1.82, 2.24) is 14.7 Å². The Labute approximate surface area is 181 Å². The van der Waals surface area contributed by atoms with Crippen LogP contribution >= 0.6 is 0 Å². The number of hydrogen-bond acceptors (Lipinski definition) is 6. The summed E-state index contributed by atoms with van der Waals surface area (Å²) in [5.74, 6) is -0.0664. The molecule has 1 aliphatic carbocycles. The van der Waals surface area contributed by atoms with Gasteiger partial charge in [0.1, 0.15) is 6.04 Å². The Bertz CT molecular complexity index is 1010. The third-order valence-corrected chi connectivity index (χ3v) is 7.40. The summed E-state index contributed by atoms with van der Waals surface area (Å²) in [5, 5.41) is 18.4. The van der Waals surface area contributed by atoms with Crippen LogP contribution in [0.1, 0.15) is 48.4 Å². The van der Waals surface area contributed by atoms with Crippen molar-refractivity contribution in [3.05, 3.63) is 34.9 Å². The molecule has 2 N–H and O–H groups in total. The molecule has 3 saturated heterocycles. The molecule has 4 aliphatic rings. The first-order chi connectivity index (χ1) is 15.0. The van der Waals surface area contributed by atoms with E-state index in [0.29, 0.717) is 25.1 Å². The van der Waals surface area contributed by atoms with Gasteiger partial charge in [-0.3, -0.25) is 14.5 Å². The number of aryl methyl sites for hydroxylation is 1. The van der Waals surface area contributed by atoms with Crippen LogP contribution in [0.2, 0.25) is 0 Å². The van der Waals surface area contributed by atoms with Crippen LogP contribution in [0.4, 0.5) is 0 Å². The van der Waals surface area contributed by atoms with E-state index in [1.807, 2.05) is 23.1 Å². The summed E-state index contributed by atoms with van der Waals surface area (Å²) in [6.07, 6.45) is 4.08. The van der Waals surface area contributed by atoms with Crippen molar-refractivity contribution in [3.8, 4) is 12.1 Å². The Hall–Kier alpha value is -2.94. The lowest BCUT2D eigenvalue weighted by Gasteiger charge is -2.38. The van der Waals surface area contributed by atoms with E-state index >= 15 is 0 Å². The number of fused-ring (bicyclic) bond motifs is 3. The number of carbonyl (C=O) groups excluding carboxylic acids is 2. The molecule has 8 nitrogen and oxygen atoms in total. The van der Waals surface area contributed by atoms with Gasteiger partial charge in [-0.1, -0.05) is 6.07 Å². The summed E-state index contributed by atoms with van der Waals surface area (Å²) in [4.78, 5) is 31.7. The van der Waals surface area contributed by atoms with Crippen LogP contribution in [0.3, 0.4) is 0 Å². The highest BCUT2D eigenvalue weighted by Gasteiger charge is 2.53. The Morgan fingerprint density at radius 1 is 1.26 bits per heavy atom.